The summed E-state index contributed by atoms with van der Waals surface area (Å²) in [6.07, 6.45) is 2.73. The van der Waals surface area contributed by atoms with Crippen LogP contribution in [0.5, 0.6) is 0 Å². The Labute approximate surface area is 72.1 Å². The van der Waals surface area contributed by atoms with E-state index in [4.69, 9.17) is 5.73 Å². The van der Waals surface area contributed by atoms with E-state index in [1.165, 1.54) is 12.8 Å². The average Bonchev–Trinajstić information content (AvgIpc) is 2.66. The lowest BCUT2D eigenvalue weighted by molar-refractivity contribution is -0.117. The van der Waals surface area contributed by atoms with Crippen LogP contribution in [-0.2, 0) is 4.79 Å². The van der Waals surface area contributed by atoms with Crippen molar-refractivity contribution in [3.05, 3.63) is 0 Å². The molecule has 4 heteroatoms. The third kappa shape index (κ3) is 1.76. The maximum atomic E-state index is 10.4. The standard InChI is InChI=1S/C8H15N3O/c9-8(12)3-10-6-4-11(5-6)7-1-2-7/h6-7,10H,1-5H2,(H2,9,12). The monoisotopic (exact) mass is 169 g/mol. The smallest absolute Gasteiger partial charge is 0.231 e. The molecule has 0 radical (unpaired) electrons. The van der Waals surface area contributed by atoms with E-state index < -0.39 is 0 Å². The minimum Gasteiger partial charge on any atom is -0.369 e. The van der Waals surface area contributed by atoms with Crippen molar-refractivity contribution in [1.82, 2.24) is 10.2 Å². The Kier molecular flexibility index (Phi) is 2.02. The quantitative estimate of drug-likeness (QED) is 0.562. The SMILES string of the molecule is NC(=O)CNC1CN(C2CC2)C1. The van der Waals surface area contributed by atoms with E-state index in [0.29, 0.717) is 12.6 Å². The lowest BCUT2D eigenvalue weighted by Gasteiger charge is -2.39. The molecule has 68 valence electrons. The van der Waals surface area contributed by atoms with E-state index in [1.54, 1.807) is 0 Å². The van der Waals surface area contributed by atoms with Gasteiger partial charge in [-0.15, -0.1) is 0 Å². The van der Waals surface area contributed by atoms with Crippen LogP contribution in [0.4, 0.5) is 0 Å². The predicted molar refractivity (Wildman–Crippen MR) is 45.6 cm³/mol. The average molecular weight is 169 g/mol. The number of amides is 1. The van der Waals surface area contributed by atoms with Gasteiger partial charge in [0.1, 0.15) is 0 Å². The summed E-state index contributed by atoms with van der Waals surface area (Å²) in [4.78, 5) is 12.9. The van der Waals surface area contributed by atoms with E-state index in [1.807, 2.05) is 0 Å². The molecule has 0 aromatic carbocycles. The highest BCUT2D eigenvalue weighted by atomic mass is 16.1. The molecular formula is C8H15N3O. The van der Waals surface area contributed by atoms with Crippen LogP contribution < -0.4 is 11.1 Å². The van der Waals surface area contributed by atoms with E-state index >= 15 is 0 Å². The number of carbonyl (C=O) groups is 1. The second kappa shape index (κ2) is 3.03. The van der Waals surface area contributed by atoms with Crippen molar-refractivity contribution in [2.24, 2.45) is 5.73 Å². The highest BCUT2D eigenvalue weighted by Gasteiger charge is 2.37. The fraction of sp³-hybridized carbons (Fsp3) is 0.875. The van der Waals surface area contributed by atoms with Gasteiger partial charge in [-0.05, 0) is 12.8 Å². The number of hydrogen-bond acceptors (Lipinski definition) is 3. The highest BCUT2D eigenvalue weighted by Crippen LogP contribution is 2.30. The molecule has 3 N–H and O–H groups in total. The Morgan fingerprint density at radius 2 is 2.17 bits per heavy atom. The first kappa shape index (κ1) is 8.01. The van der Waals surface area contributed by atoms with Gasteiger partial charge in [0.15, 0.2) is 0 Å². The maximum Gasteiger partial charge on any atom is 0.231 e. The first-order chi connectivity index (χ1) is 5.75. The molecule has 2 rings (SSSR count). The third-order valence-corrected chi connectivity index (χ3v) is 2.54. The fourth-order valence-electron chi connectivity index (χ4n) is 1.62. The number of nitrogens with two attached hydrogens (primary N) is 1. The molecule has 2 aliphatic rings. The van der Waals surface area contributed by atoms with Gasteiger partial charge < -0.3 is 11.1 Å². The Balaban J connectivity index is 1.58. The van der Waals surface area contributed by atoms with Crippen molar-refractivity contribution in [1.29, 1.82) is 0 Å². The van der Waals surface area contributed by atoms with Gasteiger partial charge in [-0.2, -0.15) is 0 Å². The van der Waals surface area contributed by atoms with Crippen LogP contribution in [-0.4, -0.2) is 42.5 Å². The van der Waals surface area contributed by atoms with Crippen molar-refractivity contribution in [2.75, 3.05) is 19.6 Å². The molecule has 1 amide bonds. The number of likely N-dealkylation sites (tertiary alicyclic amines) is 1. The van der Waals surface area contributed by atoms with Gasteiger partial charge in [0.05, 0.1) is 6.54 Å². The Hall–Kier alpha value is -0.610. The van der Waals surface area contributed by atoms with Crippen LogP contribution in [0.25, 0.3) is 0 Å². The minimum atomic E-state index is -0.264. The lowest BCUT2D eigenvalue weighted by Crippen LogP contribution is -2.59. The Morgan fingerprint density at radius 1 is 1.50 bits per heavy atom. The van der Waals surface area contributed by atoms with Gasteiger partial charge in [-0.1, -0.05) is 0 Å². The molecule has 0 unspecified atom stereocenters. The first-order valence-corrected chi connectivity index (χ1v) is 4.51. The molecule has 1 aliphatic heterocycles. The first-order valence-electron chi connectivity index (χ1n) is 4.51. The highest BCUT2D eigenvalue weighted by molar-refractivity contribution is 5.75. The normalized spacial score (nSPS) is 25.3. The van der Waals surface area contributed by atoms with Gasteiger partial charge in [0.2, 0.25) is 5.91 Å². The van der Waals surface area contributed by atoms with Gasteiger partial charge in [0, 0.05) is 25.2 Å². The summed E-state index contributed by atoms with van der Waals surface area (Å²) in [6.45, 7) is 2.51. The van der Waals surface area contributed by atoms with Crippen LogP contribution in [0.1, 0.15) is 12.8 Å². The van der Waals surface area contributed by atoms with Crippen LogP contribution in [0.15, 0.2) is 0 Å². The number of nitrogens with zero attached hydrogens (tertiary/aromatic N) is 1. The molecule has 0 aromatic heterocycles. The van der Waals surface area contributed by atoms with Crippen molar-refractivity contribution in [3.8, 4) is 0 Å². The minimum absolute atomic E-state index is 0.264. The molecular weight excluding hydrogens is 154 g/mol. The van der Waals surface area contributed by atoms with Crippen LogP contribution >= 0.6 is 0 Å². The zero-order valence-corrected chi connectivity index (χ0v) is 7.12. The summed E-state index contributed by atoms with van der Waals surface area (Å²) in [6, 6.07) is 1.36. The van der Waals surface area contributed by atoms with Crippen LogP contribution in [0.3, 0.4) is 0 Å². The zero-order valence-electron chi connectivity index (χ0n) is 7.12. The molecule has 0 spiro atoms. The second-order valence-corrected chi connectivity index (χ2v) is 3.73. The van der Waals surface area contributed by atoms with Gasteiger partial charge in [-0.25, -0.2) is 0 Å². The number of nitrogens with one attached hydrogen (secondary N) is 1. The molecule has 0 bridgehead atoms. The van der Waals surface area contributed by atoms with Crippen molar-refractivity contribution >= 4 is 5.91 Å². The van der Waals surface area contributed by atoms with E-state index in [0.717, 1.165) is 19.1 Å². The Bertz CT molecular complexity index is 185. The largest absolute Gasteiger partial charge is 0.369 e. The molecule has 0 aromatic rings. The Morgan fingerprint density at radius 3 is 2.67 bits per heavy atom. The number of primary amides is 1. The summed E-state index contributed by atoms with van der Waals surface area (Å²) >= 11 is 0. The van der Waals surface area contributed by atoms with Crippen molar-refractivity contribution in [3.63, 3.8) is 0 Å². The zero-order chi connectivity index (χ0) is 8.55. The van der Waals surface area contributed by atoms with E-state index in [2.05, 4.69) is 10.2 Å². The van der Waals surface area contributed by atoms with Crippen LogP contribution in [0.2, 0.25) is 0 Å². The lowest BCUT2D eigenvalue weighted by atomic mass is 10.1. The summed E-state index contributed by atoms with van der Waals surface area (Å²) in [5.41, 5.74) is 5.01. The van der Waals surface area contributed by atoms with E-state index in [9.17, 15) is 4.79 Å². The van der Waals surface area contributed by atoms with Crippen molar-refractivity contribution < 1.29 is 4.79 Å². The molecule has 2 fully saturated rings. The molecule has 1 heterocycles. The molecule has 1 saturated heterocycles. The van der Waals surface area contributed by atoms with Gasteiger partial charge >= 0.3 is 0 Å². The topological polar surface area (TPSA) is 58.4 Å². The summed E-state index contributed by atoms with van der Waals surface area (Å²) in [7, 11) is 0. The molecule has 1 aliphatic carbocycles. The summed E-state index contributed by atoms with van der Waals surface area (Å²) in [5, 5.41) is 3.11. The van der Waals surface area contributed by atoms with Gasteiger partial charge in [-0.3, -0.25) is 9.69 Å². The van der Waals surface area contributed by atoms with Crippen LogP contribution in [0, 0.1) is 0 Å². The molecule has 4 nitrogen and oxygen atoms in total. The molecule has 0 atom stereocenters. The third-order valence-electron chi connectivity index (χ3n) is 2.54. The predicted octanol–water partition coefficient (Wildman–Crippen LogP) is -1.09. The second-order valence-electron chi connectivity index (χ2n) is 3.73. The van der Waals surface area contributed by atoms with Gasteiger partial charge in [0.25, 0.3) is 0 Å². The summed E-state index contributed by atoms with van der Waals surface area (Å²) in [5.74, 6) is -0.264. The number of hydrogen-bond donors (Lipinski definition) is 2. The molecule has 12 heavy (non-hydrogen) atoms. The molecule has 1 saturated carbocycles. The van der Waals surface area contributed by atoms with E-state index in [-0.39, 0.29) is 5.91 Å². The number of carbonyl (C=O) groups excluding carboxylic acids is 1. The fourth-order valence-corrected chi connectivity index (χ4v) is 1.62. The maximum absolute atomic E-state index is 10.4. The summed E-state index contributed by atoms with van der Waals surface area (Å²) < 4.78 is 0. The van der Waals surface area contributed by atoms with Crippen molar-refractivity contribution in [2.45, 2.75) is 24.9 Å². The number of rotatable bonds is 4.